The van der Waals surface area contributed by atoms with Crippen LogP contribution in [0.15, 0.2) is 6.20 Å². The lowest BCUT2D eigenvalue weighted by Gasteiger charge is -2.29. The molecule has 1 aliphatic heterocycles. The molecule has 0 bridgehead atoms. The van der Waals surface area contributed by atoms with Gasteiger partial charge in [0.15, 0.2) is 0 Å². The lowest BCUT2D eigenvalue weighted by Crippen LogP contribution is -2.39. The summed E-state index contributed by atoms with van der Waals surface area (Å²) in [5, 5.41) is 13.1. The first-order valence-electron chi connectivity index (χ1n) is 5.81. The van der Waals surface area contributed by atoms with Crippen LogP contribution in [-0.4, -0.2) is 33.7 Å². The second kappa shape index (κ2) is 4.58. The third kappa shape index (κ3) is 2.31. The van der Waals surface area contributed by atoms with E-state index in [-0.39, 0.29) is 11.8 Å². The van der Waals surface area contributed by atoms with Crippen LogP contribution in [0.1, 0.15) is 28.9 Å². The molecule has 2 heterocycles. The number of hydrogen-bond donors (Lipinski definition) is 0. The van der Waals surface area contributed by atoms with Crippen molar-refractivity contribution < 1.29 is 4.79 Å². The minimum atomic E-state index is -0.0234. The molecular formula is C12H16N4O. The summed E-state index contributed by atoms with van der Waals surface area (Å²) in [6.07, 6.45) is 3.54. The summed E-state index contributed by atoms with van der Waals surface area (Å²) in [6, 6.07) is 2.25. The fourth-order valence-corrected chi connectivity index (χ4v) is 2.25. The maximum atomic E-state index is 12.3. The van der Waals surface area contributed by atoms with E-state index in [1.807, 2.05) is 6.92 Å². The number of aromatic nitrogens is 2. The second-order valence-corrected chi connectivity index (χ2v) is 4.52. The molecule has 1 amide bonds. The standard InChI is InChI=1S/C12H16N4O/c1-9-11(8-15(2)14-9)12(17)16-5-3-4-10(6-13)7-16/h8,10H,3-5,7H2,1-2H3. The Morgan fingerprint density at radius 3 is 3.00 bits per heavy atom. The van der Waals surface area contributed by atoms with E-state index in [1.165, 1.54) is 0 Å². The molecule has 1 unspecified atom stereocenters. The summed E-state index contributed by atoms with van der Waals surface area (Å²) in [4.78, 5) is 14.0. The van der Waals surface area contributed by atoms with E-state index in [0.29, 0.717) is 12.1 Å². The lowest BCUT2D eigenvalue weighted by atomic mass is 9.99. The fraction of sp³-hybridized carbons (Fsp3) is 0.583. The van der Waals surface area contributed by atoms with Gasteiger partial charge < -0.3 is 4.90 Å². The highest BCUT2D eigenvalue weighted by molar-refractivity contribution is 5.95. The third-order valence-corrected chi connectivity index (χ3v) is 3.14. The van der Waals surface area contributed by atoms with Crippen molar-refractivity contribution in [3.8, 4) is 6.07 Å². The molecule has 1 fully saturated rings. The van der Waals surface area contributed by atoms with Crippen molar-refractivity contribution in [2.45, 2.75) is 19.8 Å². The zero-order chi connectivity index (χ0) is 12.4. The van der Waals surface area contributed by atoms with E-state index < -0.39 is 0 Å². The lowest BCUT2D eigenvalue weighted by molar-refractivity contribution is 0.0698. The van der Waals surface area contributed by atoms with Crippen molar-refractivity contribution in [3.05, 3.63) is 17.5 Å². The van der Waals surface area contributed by atoms with Crippen molar-refractivity contribution >= 4 is 5.91 Å². The molecule has 0 N–H and O–H groups in total. The molecule has 0 aliphatic carbocycles. The highest BCUT2D eigenvalue weighted by atomic mass is 16.2. The molecule has 1 aromatic rings. The van der Waals surface area contributed by atoms with E-state index in [0.717, 1.165) is 25.1 Å². The third-order valence-electron chi connectivity index (χ3n) is 3.14. The number of rotatable bonds is 1. The molecule has 0 radical (unpaired) electrons. The normalized spacial score (nSPS) is 20.1. The van der Waals surface area contributed by atoms with Gasteiger partial charge in [-0.1, -0.05) is 0 Å². The summed E-state index contributed by atoms with van der Waals surface area (Å²) in [5.41, 5.74) is 1.39. The first kappa shape index (κ1) is 11.6. The number of amides is 1. The van der Waals surface area contributed by atoms with Crippen LogP contribution in [0.2, 0.25) is 0 Å². The van der Waals surface area contributed by atoms with Crippen LogP contribution in [0.25, 0.3) is 0 Å². The van der Waals surface area contributed by atoms with Crippen LogP contribution in [-0.2, 0) is 7.05 Å². The molecule has 5 nitrogen and oxygen atoms in total. The van der Waals surface area contributed by atoms with Crippen molar-refractivity contribution in [1.82, 2.24) is 14.7 Å². The van der Waals surface area contributed by atoms with Gasteiger partial charge in [-0.3, -0.25) is 9.48 Å². The number of aryl methyl sites for hydroxylation is 2. The molecule has 0 aromatic carbocycles. The molecule has 90 valence electrons. The van der Waals surface area contributed by atoms with Gasteiger partial charge in [-0.2, -0.15) is 10.4 Å². The Morgan fingerprint density at radius 1 is 1.65 bits per heavy atom. The first-order chi connectivity index (χ1) is 8.11. The van der Waals surface area contributed by atoms with Crippen LogP contribution >= 0.6 is 0 Å². The van der Waals surface area contributed by atoms with Gasteiger partial charge in [0.1, 0.15) is 0 Å². The van der Waals surface area contributed by atoms with E-state index >= 15 is 0 Å². The zero-order valence-corrected chi connectivity index (χ0v) is 10.2. The van der Waals surface area contributed by atoms with Crippen LogP contribution in [0, 0.1) is 24.2 Å². The van der Waals surface area contributed by atoms with Gasteiger partial charge in [0.2, 0.25) is 0 Å². The average molecular weight is 232 g/mol. The predicted octanol–water partition coefficient (Wildman–Crippen LogP) is 1.10. The number of nitrogens with zero attached hydrogens (tertiary/aromatic N) is 4. The SMILES string of the molecule is Cc1nn(C)cc1C(=O)N1CCCC(C#N)C1. The van der Waals surface area contributed by atoms with Crippen LogP contribution in [0.4, 0.5) is 0 Å². The molecule has 1 saturated heterocycles. The number of carbonyl (C=O) groups is 1. The molecular weight excluding hydrogens is 216 g/mol. The van der Waals surface area contributed by atoms with Crippen LogP contribution in [0.5, 0.6) is 0 Å². The van der Waals surface area contributed by atoms with E-state index in [4.69, 9.17) is 5.26 Å². The summed E-state index contributed by atoms with van der Waals surface area (Å²) in [6.45, 7) is 3.12. The first-order valence-corrected chi connectivity index (χ1v) is 5.81. The second-order valence-electron chi connectivity index (χ2n) is 4.52. The maximum absolute atomic E-state index is 12.3. The van der Waals surface area contributed by atoms with Gasteiger partial charge in [0, 0.05) is 26.3 Å². The molecule has 17 heavy (non-hydrogen) atoms. The Balaban J connectivity index is 2.15. The highest BCUT2D eigenvalue weighted by Gasteiger charge is 2.26. The van der Waals surface area contributed by atoms with Gasteiger partial charge >= 0.3 is 0 Å². The fourth-order valence-electron chi connectivity index (χ4n) is 2.25. The number of nitriles is 1. The molecule has 2 rings (SSSR count). The molecule has 5 heteroatoms. The Labute approximate surface area is 101 Å². The monoisotopic (exact) mass is 232 g/mol. The van der Waals surface area contributed by atoms with Crippen molar-refractivity contribution in [2.24, 2.45) is 13.0 Å². The summed E-state index contributed by atoms with van der Waals surface area (Å²) < 4.78 is 1.65. The van der Waals surface area contributed by atoms with Crippen molar-refractivity contribution in [2.75, 3.05) is 13.1 Å². The molecule has 0 saturated carbocycles. The minimum absolute atomic E-state index is 0.00412. The van der Waals surface area contributed by atoms with Gasteiger partial charge in [-0.05, 0) is 19.8 Å². The van der Waals surface area contributed by atoms with Crippen molar-refractivity contribution in [3.63, 3.8) is 0 Å². The maximum Gasteiger partial charge on any atom is 0.257 e. The van der Waals surface area contributed by atoms with Crippen molar-refractivity contribution in [1.29, 1.82) is 5.26 Å². The van der Waals surface area contributed by atoms with Crippen LogP contribution < -0.4 is 0 Å². The highest BCUT2D eigenvalue weighted by Crippen LogP contribution is 2.18. The van der Waals surface area contributed by atoms with E-state index in [1.54, 1.807) is 22.8 Å². The summed E-state index contributed by atoms with van der Waals surface area (Å²) in [5.74, 6) is -0.0276. The Bertz CT molecular complexity index is 471. The van der Waals surface area contributed by atoms with E-state index in [2.05, 4.69) is 11.2 Å². The van der Waals surface area contributed by atoms with E-state index in [9.17, 15) is 4.79 Å². The molecule has 1 aromatic heterocycles. The number of carbonyl (C=O) groups excluding carboxylic acids is 1. The number of piperidine rings is 1. The Hall–Kier alpha value is -1.83. The largest absolute Gasteiger partial charge is 0.337 e. The minimum Gasteiger partial charge on any atom is -0.337 e. The molecule has 0 spiro atoms. The van der Waals surface area contributed by atoms with Gasteiger partial charge in [0.25, 0.3) is 5.91 Å². The number of hydrogen-bond acceptors (Lipinski definition) is 3. The number of likely N-dealkylation sites (tertiary alicyclic amines) is 1. The Morgan fingerprint density at radius 2 is 2.41 bits per heavy atom. The average Bonchev–Trinajstić information content (AvgIpc) is 2.67. The summed E-state index contributed by atoms with van der Waals surface area (Å²) in [7, 11) is 1.80. The quantitative estimate of drug-likeness (QED) is 0.728. The van der Waals surface area contributed by atoms with Crippen LogP contribution in [0.3, 0.4) is 0 Å². The predicted molar refractivity (Wildman–Crippen MR) is 62.2 cm³/mol. The molecule has 1 atom stereocenters. The smallest absolute Gasteiger partial charge is 0.257 e. The summed E-state index contributed by atoms with van der Waals surface area (Å²) >= 11 is 0. The zero-order valence-electron chi connectivity index (χ0n) is 10.2. The van der Waals surface area contributed by atoms with Gasteiger partial charge in [-0.25, -0.2) is 0 Å². The van der Waals surface area contributed by atoms with Gasteiger partial charge in [-0.15, -0.1) is 0 Å². The topological polar surface area (TPSA) is 61.9 Å². The molecule has 1 aliphatic rings. The van der Waals surface area contributed by atoms with Gasteiger partial charge in [0.05, 0.1) is 23.2 Å². The Kier molecular flexibility index (Phi) is 3.14.